The van der Waals surface area contributed by atoms with Crippen LogP contribution in [0.1, 0.15) is 11.1 Å². The first-order valence-electron chi connectivity index (χ1n) is 3.36. The summed E-state index contributed by atoms with van der Waals surface area (Å²) in [5.41, 5.74) is -1.92. The SMILES string of the molecule is N#Cc1cc(S)c(F)cc1C(F)(F)F. The molecular weight excluding hydrogens is 218 g/mol. The van der Waals surface area contributed by atoms with E-state index in [1.54, 1.807) is 0 Å². The normalized spacial score (nSPS) is 11.1. The molecule has 0 aromatic heterocycles. The molecule has 0 aliphatic carbocycles. The largest absolute Gasteiger partial charge is 0.417 e. The van der Waals surface area contributed by atoms with Gasteiger partial charge in [0.25, 0.3) is 0 Å². The molecule has 1 nitrogen and oxygen atoms in total. The number of thiol groups is 1. The van der Waals surface area contributed by atoms with E-state index < -0.39 is 23.1 Å². The summed E-state index contributed by atoms with van der Waals surface area (Å²) >= 11 is 3.57. The van der Waals surface area contributed by atoms with Gasteiger partial charge >= 0.3 is 6.18 Å². The zero-order valence-corrected chi connectivity index (χ0v) is 7.46. The van der Waals surface area contributed by atoms with Crippen LogP contribution in [0.3, 0.4) is 0 Å². The molecule has 1 aromatic carbocycles. The number of benzene rings is 1. The summed E-state index contributed by atoms with van der Waals surface area (Å²) < 4.78 is 49.4. The highest BCUT2D eigenvalue weighted by Crippen LogP contribution is 2.33. The molecule has 0 heterocycles. The van der Waals surface area contributed by atoms with Gasteiger partial charge in [-0.2, -0.15) is 18.4 Å². The lowest BCUT2D eigenvalue weighted by molar-refractivity contribution is -0.138. The van der Waals surface area contributed by atoms with Crippen LogP contribution in [-0.2, 0) is 6.18 Å². The summed E-state index contributed by atoms with van der Waals surface area (Å²) in [6.07, 6.45) is -4.73. The molecular formula is C8H3F4NS. The van der Waals surface area contributed by atoms with Gasteiger partial charge in [-0.25, -0.2) is 4.39 Å². The fraction of sp³-hybridized carbons (Fsp3) is 0.125. The fourth-order valence-electron chi connectivity index (χ4n) is 0.889. The van der Waals surface area contributed by atoms with Crippen LogP contribution in [0.25, 0.3) is 0 Å². The zero-order chi connectivity index (χ0) is 10.9. The third-order valence-electron chi connectivity index (χ3n) is 1.51. The lowest BCUT2D eigenvalue weighted by atomic mass is 10.1. The van der Waals surface area contributed by atoms with Crippen LogP contribution in [0.4, 0.5) is 17.6 Å². The molecule has 0 spiro atoms. The van der Waals surface area contributed by atoms with Gasteiger partial charge in [0, 0.05) is 4.90 Å². The molecule has 0 aliphatic rings. The Balaban J connectivity index is 3.45. The molecule has 0 radical (unpaired) electrons. The molecule has 6 heteroatoms. The van der Waals surface area contributed by atoms with Gasteiger partial charge in [-0.15, -0.1) is 12.6 Å². The molecule has 0 saturated carbocycles. The summed E-state index contributed by atoms with van der Waals surface area (Å²) in [4.78, 5) is -0.283. The van der Waals surface area contributed by atoms with Gasteiger partial charge in [-0.05, 0) is 12.1 Å². The number of rotatable bonds is 0. The van der Waals surface area contributed by atoms with Crippen molar-refractivity contribution in [1.29, 1.82) is 5.26 Å². The Bertz CT molecular complexity index is 405. The summed E-state index contributed by atoms with van der Waals surface area (Å²) in [5.74, 6) is -1.10. The van der Waals surface area contributed by atoms with Crippen molar-refractivity contribution in [3.05, 3.63) is 29.1 Å². The van der Waals surface area contributed by atoms with E-state index in [0.717, 1.165) is 6.07 Å². The Morgan fingerprint density at radius 2 is 1.86 bits per heavy atom. The van der Waals surface area contributed by atoms with Crippen LogP contribution >= 0.6 is 12.6 Å². The number of halogens is 4. The van der Waals surface area contributed by atoms with Crippen molar-refractivity contribution in [3.8, 4) is 6.07 Å². The second-order valence-corrected chi connectivity index (χ2v) is 2.94. The molecule has 74 valence electrons. The first kappa shape index (κ1) is 10.9. The highest BCUT2D eigenvalue weighted by molar-refractivity contribution is 7.80. The first-order valence-corrected chi connectivity index (χ1v) is 3.81. The maximum atomic E-state index is 12.7. The van der Waals surface area contributed by atoms with Gasteiger partial charge in [0.1, 0.15) is 5.82 Å². The minimum Gasteiger partial charge on any atom is -0.206 e. The van der Waals surface area contributed by atoms with E-state index in [9.17, 15) is 17.6 Å². The van der Waals surface area contributed by atoms with Crippen molar-refractivity contribution >= 4 is 12.6 Å². The van der Waals surface area contributed by atoms with Crippen molar-refractivity contribution in [2.75, 3.05) is 0 Å². The first-order chi connectivity index (χ1) is 6.36. The zero-order valence-electron chi connectivity index (χ0n) is 6.56. The maximum absolute atomic E-state index is 12.7. The Morgan fingerprint density at radius 1 is 1.29 bits per heavy atom. The van der Waals surface area contributed by atoms with Crippen LogP contribution in [0.2, 0.25) is 0 Å². The Morgan fingerprint density at radius 3 is 2.29 bits per heavy atom. The molecule has 0 amide bonds. The molecule has 0 saturated heterocycles. The van der Waals surface area contributed by atoms with E-state index in [2.05, 4.69) is 12.6 Å². The van der Waals surface area contributed by atoms with E-state index in [1.165, 1.54) is 6.07 Å². The van der Waals surface area contributed by atoms with Crippen molar-refractivity contribution in [1.82, 2.24) is 0 Å². The lowest BCUT2D eigenvalue weighted by Gasteiger charge is -2.09. The maximum Gasteiger partial charge on any atom is 0.417 e. The number of nitrogens with zero attached hydrogens (tertiary/aromatic N) is 1. The van der Waals surface area contributed by atoms with Crippen LogP contribution in [0.15, 0.2) is 17.0 Å². The molecule has 0 bridgehead atoms. The summed E-state index contributed by atoms with van der Waals surface area (Å²) in [5, 5.41) is 8.39. The van der Waals surface area contributed by atoms with Crippen molar-refractivity contribution in [2.24, 2.45) is 0 Å². The standard InChI is InChI=1S/C8H3F4NS/c9-6-2-5(8(10,11)12)4(3-13)1-7(6)14/h1-2,14H. The second kappa shape index (κ2) is 3.50. The molecule has 0 aliphatic heterocycles. The smallest absolute Gasteiger partial charge is 0.206 e. The quantitative estimate of drug-likeness (QED) is 0.528. The van der Waals surface area contributed by atoms with E-state index in [0.29, 0.717) is 0 Å². The number of hydrogen-bond acceptors (Lipinski definition) is 2. The average Bonchev–Trinajstić information content (AvgIpc) is 2.07. The number of hydrogen-bond donors (Lipinski definition) is 1. The third-order valence-corrected chi connectivity index (χ3v) is 1.86. The molecule has 1 rings (SSSR count). The summed E-state index contributed by atoms with van der Waals surface area (Å²) in [6.45, 7) is 0. The van der Waals surface area contributed by atoms with Crippen molar-refractivity contribution in [3.63, 3.8) is 0 Å². The van der Waals surface area contributed by atoms with Gasteiger partial charge in [-0.3, -0.25) is 0 Å². The second-order valence-electron chi connectivity index (χ2n) is 2.46. The Hall–Kier alpha value is -1.22. The minimum atomic E-state index is -4.73. The molecule has 0 N–H and O–H groups in total. The highest BCUT2D eigenvalue weighted by Gasteiger charge is 2.34. The summed E-state index contributed by atoms with van der Waals surface area (Å²) in [6, 6.07) is 2.35. The third kappa shape index (κ3) is 1.99. The van der Waals surface area contributed by atoms with Gasteiger partial charge < -0.3 is 0 Å². The minimum absolute atomic E-state index is 0.265. The van der Waals surface area contributed by atoms with Gasteiger partial charge in [-0.1, -0.05) is 0 Å². The Kier molecular flexibility index (Phi) is 2.71. The number of nitriles is 1. The topological polar surface area (TPSA) is 23.8 Å². The van der Waals surface area contributed by atoms with Crippen LogP contribution in [-0.4, -0.2) is 0 Å². The number of alkyl halides is 3. The predicted octanol–water partition coefficient (Wildman–Crippen LogP) is 3.00. The van der Waals surface area contributed by atoms with Crippen LogP contribution < -0.4 is 0 Å². The molecule has 1 aromatic rings. The fourth-order valence-corrected chi connectivity index (χ4v) is 1.08. The van der Waals surface area contributed by atoms with E-state index >= 15 is 0 Å². The van der Waals surface area contributed by atoms with E-state index in [-0.39, 0.29) is 11.0 Å². The van der Waals surface area contributed by atoms with Gasteiger partial charge in [0.2, 0.25) is 0 Å². The van der Waals surface area contributed by atoms with Crippen LogP contribution in [0.5, 0.6) is 0 Å². The van der Waals surface area contributed by atoms with E-state index in [1.807, 2.05) is 0 Å². The lowest BCUT2D eigenvalue weighted by Crippen LogP contribution is -2.08. The monoisotopic (exact) mass is 221 g/mol. The van der Waals surface area contributed by atoms with E-state index in [4.69, 9.17) is 5.26 Å². The van der Waals surface area contributed by atoms with Gasteiger partial charge in [0.05, 0.1) is 17.2 Å². The Labute approximate surface area is 82.4 Å². The van der Waals surface area contributed by atoms with Crippen LogP contribution in [0, 0.1) is 17.1 Å². The molecule has 0 fully saturated rings. The molecule has 14 heavy (non-hydrogen) atoms. The molecule has 0 atom stereocenters. The highest BCUT2D eigenvalue weighted by atomic mass is 32.1. The summed E-state index contributed by atoms with van der Waals surface area (Å²) in [7, 11) is 0. The van der Waals surface area contributed by atoms with Crippen molar-refractivity contribution in [2.45, 2.75) is 11.1 Å². The predicted molar refractivity (Wildman–Crippen MR) is 43.4 cm³/mol. The van der Waals surface area contributed by atoms with Gasteiger partial charge in [0.15, 0.2) is 0 Å². The molecule has 0 unspecified atom stereocenters. The van der Waals surface area contributed by atoms with Crippen molar-refractivity contribution < 1.29 is 17.6 Å². The average molecular weight is 221 g/mol.